The minimum absolute atomic E-state index is 0.0411. The molecule has 8 nitrogen and oxygen atoms in total. The Hall–Kier alpha value is -5.12. The van der Waals surface area contributed by atoms with Crippen LogP contribution in [-0.4, -0.2) is 29.8 Å². The highest BCUT2D eigenvalue weighted by Crippen LogP contribution is 2.34. The van der Waals surface area contributed by atoms with Crippen molar-refractivity contribution in [2.24, 2.45) is 0 Å². The van der Waals surface area contributed by atoms with Gasteiger partial charge in [0, 0.05) is 17.4 Å². The van der Waals surface area contributed by atoms with Crippen LogP contribution in [0.15, 0.2) is 84.9 Å². The molecule has 0 saturated carbocycles. The number of benzene rings is 4. The standard InChI is InChI=1S/C34H34F2N2O6/c1-4-18-42-33(40)28-19-26(37-34(41)38-27-14-16-29(39)31(20-27)43-21(3)5-2)15-17-30(28)44-32(22-6-10-24(35)11-7-22)23-8-12-25(36)13-9-23/h6-17,19-21,32,39H,4-5,18H2,1-3H3,(H2,37,38,41). The van der Waals surface area contributed by atoms with E-state index in [0.29, 0.717) is 23.2 Å². The molecule has 4 aromatic carbocycles. The van der Waals surface area contributed by atoms with E-state index in [4.69, 9.17) is 14.2 Å². The van der Waals surface area contributed by atoms with Gasteiger partial charge in [-0.05, 0) is 85.5 Å². The third kappa shape index (κ3) is 8.47. The van der Waals surface area contributed by atoms with Gasteiger partial charge in [-0.3, -0.25) is 0 Å². The molecule has 44 heavy (non-hydrogen) atoms. The van der Waals surface area contributed by atoms with Gasteiger partial charge in [-0.15, -0.1) is 0 Å². The maximum atomic E-state index is 13.7. The van der Waals surface area contributed by atoms with Crippen LogP contribution in [0.5, 0.6) is 17.2 Å². The Morgan fingerprint density at radius 1 is 0.773 bits per heavy atom. The van der Waals surface area contributed by atoms with E-state index in [0.717, 1.165) is 6.42 Å². The number of hydrogen-bond donors (Lipinski definition) is 3. The highest BCUT2D eigenvalue weighted by atomic mass is 19.1. The van der Waals surface area contributed by atoms with E-state index >= 15 is 0 Å². The van der Waals surface area contributed by atoms with E-state index in [2.05, 4.69) is 10.6 Å². The zero-order valence-corrected chi connectivity index (χ0v) is 24.6. The summed E-state index contributed by atoms with van der Waals surface area (Å²) in [5.41, 5.74) is 1.83. The number of aromatic hydroxyl groups is 1. The molecule has 2 amide bonds. The molecule has 0 aliphatic heterocycles. The molecule has 0 aromatic heterocycles. The highest BCUT2D eigenvalue weighted by molar-refractivity contribution is 6.01. The largest absolute Gasteiger partial charge is 0.504 e. The second kappa shape index (κ2) is 14.9. The molecule has 1 unspecified atom stereocenters. The van der Waals surface area contributed by atoms with Crippen molar-refractivity contribution in [2.75, 3.05) is 17.2 Å². The van der Waals surface area contributed by atoms with Crippen LogP contribution >= 0.6 is 0 Å². The van der Waals surface area contributed by atoms with E-state index in [9.17, 15) is 23.5 Å². The third-order valence-electron chi connectivity index (χ3n) is 6.61. The number of phenols is 1. The van der Waals surface area contributed by atoms with Gasteiger partial charge in [0.25, 0.3) is 0 Å². The molecule has 0 saturated heterocycles. The lowest BCUT2D eigenvalue weighted by Gasteiger charge is -2.22. The zero-order valence-electron chi connectivity index (χ0n) is 24.6. The molecular formula is C34H34F2N2O6. The van der Waals surface area contributed by atoms with Crippen molar-refractivity contribution in [1.82, 2.24) is 0 Å². The number of hydrogen-bond acceptors (Lipinski definition) is 6. The lowest BCUT2D eigenvalue weighted by atomic mass is 10.0. The van der Waals surface area contributed by atoms with Crippen molar-refractivity contribution in [3.05, 3.63) is 113 Å². The predicted molar refractivity (Wildman–Crippen MR) is 163 cm³/mol. The molecule has 4 rings (SSSR count). The van der Waals surface area contributed by atoms with Crippen molar-refractivity contribution < 1.29 is 37.7 Å². The fourth-order valence-corrected chi connectivity index (χ4v) is 4.15. The molecule has 0 heterocycles. The Morgan fingerprint density at radius 3 is 1.91 bits per heavy atom. The van der Waals surface area contributed by atoms with Gasteiger partial charge < -0.3 is 30.0 Å². The van der Waals surface area contributed by atoms with Gasteiger partial charge in [-0.1, -0.05) is 38.1 Å². The topological polar surface area (TPSA) is 106 Å². The van der Waals surface area contributed by atoms with Crippen LogP contribution in [0, 0.1) is 11.6 Å². The molecule has 0 aliphatic carbocycles. The highest BCUT2D eigenvalue weighted by Gasteiger charge is 2.22. The second-order valence-electron chi connectivity index (χ2n) is 10.0. The predicted octanol–water partition coefficient (Wildman–Crippen LogP) is 8.23. The van der Waals surface area contributed by atoms with Crippen LogP contribution in [0.1, 0.15) is 61.2 Å². The van der Waals surface area contributed by atoms with Crippen molar-refractivity contribution >= 4 is 23.4 Å². The molecule has 0 spiro atoms. The Kier molecular flexibility index (Phi) is 10.7. The van der Waals surface area contributed by atoms with Crippen molar-refractivity contribution in [3.63, 3.8) is 0 Å². The minimum Gasteiger partial charge on any atom is -0.504 e. The molecule has 4 aromatic rings. The number of esters is 1. The number of rotatable bonds is 12. The molecule has 0 radical (unpaired) electrons. The van der Waals surface area contributed by atoms with Gasteiger partial charge in [0.1, 0.15) is 29.1 Å². The van der Waals surface area contributed by atoms with Gasteiger partial charge in [-0.2, -0.15) is 0 Å². The summed E-state index contributed by atoms with van der Waals surface area (Å²) in [5, 5.41) is 15.5. The number of carbonyl (C=O) groups is 2. The van der Waals surface area contributed by atoms with Gasteiger partial charge in [0.05, 0.1) is 12.7 Å². The maximum Gasteiger partial charge on any atom is 0.341 e. The number of phenolic OH excluding ortho intramolecular Hbond substituents is 1. The summed E-state index contributed by atoms with van der Waals surface area (Å²) < 4.78 is 44.8. The van der Waals surface area contributed by atoms with E-state index in [1.165, 1.54) is 54.6 Å². The fourth-order valence-electron chi connectivity index (χ4n) is 4.15. The van der Waals surface area contributed by atoms with E-state index in [1.54, 1.807) is 30.3 Å². The first-order valence-corrected chi connectivity index (χ1v) is 14.2. The van der Waals surface area contributed by atoms with Gasteiger partial charge in [-0.25, -0.2) is 18.4 Å². The quantitative estimate of drug-likeness (QED) is 0.111. The van der Waals surface area contributed by atoms with Crippen LogP contribution in [0.25, 0.3) is 0 Å². The molecule has 3 N–H and O–H groups in total. The number of amides is 2. The van der Waals surface area contributed by atoms with Crippen LogP contribution < -0.4 is 20.1 Å². The van der Waals surface area contributed by atoms with Crippen molar-refractivity contribution in [1.29, 1.82) is 0 Å². The molecule has 0 fully saturated rings. The number of anilines is 2. The molecule has 10 heteroatoms. The van der Waals surface area contributed by atoms with E-state index in [-0.39, 0.29) is 41.2 Å². The summed E-state index contributed by atoms with van der Waals surface area (Å²) in [6.07, 6.45) is 0.361. The van der Waals surface area contributed by atoms with Gasteiger partial charge in [0.15, 0.2) is 11.5 Å². The average molecular weight is 605 g/mol. The first-order valence-electron chi connectivity index (χ1n) is 14.2. The molecule has 0 bridgehead atoms. The smallest absolute Gasteiger partial charge is 0.341 e. The maximum absolute atomic E-state index is 13.7. The molecule has 230 valence electrons. The molecular weight excluding hydrogens is 570 g/mol. The van der Waals surface area contributed by atoms with Crippen LogP contribution in [0.4, 0.5) is 25.0 Å². The van der Waals surface area contributed by atoms with Crippen LogP contribution in [0.2, 0.25) is 0 Å². The summed E-state index contributed by atoms with van der Waals surface area (Å²) in [6, 6.07) is 19.6. The summed E-state index contributed by atoms with van der Waals surface area (Å²) in [7, 11) is 0. The Bertz CT molecular complexity index is 1530. The monoisotopic (exact) mass is 604 g/mol. The number of ether oxygens (including phenoxy) is 3. The number of urea groups is 1. The van der Waals surface area contributed by atoms with Gasteiger partial charge >= 0.3 is 12.0 Å². The summed E-state index contributed by atoms with van der Waals surface area (Å²) in [4.78, 5) is 26.0. The third-order valence-corrected chi connectivity index (χ3v) is 6.61. The number of carbonyl (C=O) groups excluding carboxylic acids is 2. The van der Waals surface area contributed by atoms with E-state index < -0.39 is 29.7 Å². The normalized spacial score (nSPS) is 11.5. The van der Waals surface area contributed by atoms with Crippen molar-refractivity contribution in [2.45, 2.75) is 45.8 Å². The van der Waals surface area contributed by atoms with Crippen molar-refractivity contribution in [3.8, 4) is 17.2 Å². The first kappa shape index (κ1) is 31.8. The van der Waals surface area contributed by atoms with Crippen LogP contribution in [0.3, 0.4) is 0 Å². The Labute approximate surface area is 254 Å². The lowest BCUT2D eigenvalue weighted by Crippen LogP contribution is -2.20. The fraction of sp³-hybridized carbons (Fsp3) is 0.235. The second-order valence-corrected chi connectivity index (χ2v) is 10.0. The van der Waals surface area contributed by atoms with E-state index in [1.807, 2.05) is 20.8 Å². The number of nitrogens with one attached hydrogen (secondary N) is 2. The Balaban J connectivity index is 1.60. The Morgan fingerprint density at radius 2 is 1.34 bits per heavy atom. The molecule has 0 aliphatic rings. The molecule has 1 atom stereocenters. The SMILES string of the molecule is CCCOC(=O)c1cc(NC(=O)Nc2ccc(O)c(OC(C)CC)c2)ccc1OC(c1ccc(F)cc1)c1ccc(F)cc1. The summed E-state index contributed by atoms with van der Waals surface area (Å²) >= 11 is 0. The first-order chi connectivity index (χ1) is 21.2. The summed E-state index contributed by atoms with van der Waals surface area (Å²) in [5.74, 6) is -1.22. The minimum atomic E-state index is -0.822. The van der Waals surface area contributed by atoms with Crippen LogP contribution in [-0.2, 0) is 4.74 Å². The number of halogens is 2. The average Bonchev–Trinajstić information content (AvgIpc) is 3.01. The lowest BCUT2D eigenvalue weighted by molar-refractivity contribution is 0.0498. The summed E-state index contributed by atoms with van der Waals surface area (Å²) in [6.45, 7) is 5.84. The zero-order chi connectivity index (χ0) is 31.6. The van der Waals surface area contributed by atoms with Gasteiger partial charge in [0.2, 0.25) is 0 Å².